The molecule has 26 heavy (non-hydrogen) atoms. The summed E-state index contributed by atoms with van der Waals surface area (Å²) in [6, 6.07) is 9.92. The Kier molecular flexibility index (Phi) is 6.21. The number of anilines is 1. The van der Waals surface area contributed by atoms with Gasteiger partial charge in [0.2, 0.25) is 0 Å². The van der Waals surface area contributed by atoms with E-state index in [1.165, 1.54) is 0 Å². The highest BCUT2D eigenvalue weighted by Gasteiger charge is 2.38. The zero-order chi connectivity index (χ0) is 17.3. The molecule has 6 heteroatoms. The number of halogens is 1. The highest BCUT2D eigenvalue weighted by molar-refractivity contribution is 8.02. The molecule has 1 unspecified atom stereocenters. The first-order valence-electron chi connectivity index (χ1n) is 9.18. The molecule has 4 heterocycles. The first kappa shape index (κ1) is 19.6. The minimum absolute atomic E-state index is 0. The highest BCUT2D eigenvalue weighted by atomic mass is 35.5. The molecule has 0 N–H and O–H groups in total. The summed E-state index contributed by atoms with van der Waals surface area (Å²) in [6.07, 6.45) is 4.37. The normalized spacial score (nSPS) is 32.1. The molecule has 4 aliphatic heterocycles. The van der Waals surface area contributed by atoms with Gasteiger partial charge >= 0.3 is 6.09 Å². The number of carbonyl (C=O) groups excluding carboxylic acids is 1. The van der Waals surface area contributed by atoms with Gasteiger partial charge in [-0.25, -0.2) is 4.79 Å². The van der Waals surface area contributed by atoms with Gasteiger partial charge in [0.1, 0.15) is 6.10 Å². The summed E-state index contributed by atoms with van der Waals surface area (Å²) in [6.45, 7) is 6.07. The number of rotatable bonds is 4. The minimum atomic E-state index is -0.198. The number of thioether (sulfide) groups is 1. The number of nitrogens with zero attached hydrogens (tertiary/aromatic N) is 2. The summed E-state index contributed by atoms with van der Waals surface area (Å²) in [5.41, 5.74) is 0.912. The van der Waals surface area contributed by atoms with E-state index in [0.717, 1.165) is 43.9 Å². The molecule has 1 amide bonds. The molecule has 4 nitrogen and oxygen atoms in total. The molecular formula is C20H27ClN2O2S. The number of piperidine rings is 3. The van der Waals surface area contributed by atoms with Crippen molar-refractivity contribution in [1.29, 1.82) is 0 Å². The molecule has 3 fully saturated rings. The molecule has 3 saturated heterocycles. The molecule has 2 atom stereocenters. The third-order valence-electron chi connectivity index (χ3n) is 5.64. The van der Waals surface area contributed by atoms with Gasteiger partial charge in [0.25, 0.3) is 0 Å². The van der Waals surface area contributed by atoms with Gasteiger partial charge in [0.15, 0.2) is 0 Å². The first-order chi connectivity index (χ1) is 12.1. The van der Waals surface area contributed by atoms with E-state index < -0.39 is 0 Å². The summed E-state index contributed by atoms with van der Waals surface area (Å²) >= 11 is 1.81. The van der Waals surface area contributed by atoms with E-state index in [4.69, 9.17) is 4.74 Å². The third-order valence-corrected chi connectivity index (χ3v) is 6.79. The Morgan fingerprint density at radius 1 is 1.31 bits per heavy atom. The van der Waals surface area contributed by atoms with Crippen molar-refractivity contribution >= 4 is 35.9 Å². The van der Waals surface area contributed by atoms with Gasteiger partial charge in [-0.3, -0.25) is 9.80 Å². The summed E-state index contributed by atoms with van der Waals surface area (Å²) < 4.78 is 6.01. The van der Waals surface area contributed by atoms with Gasteiger partial charge in [-0.05, 0) is 49.4 Å². The Labute approximate surface area is 166 Å². The zero-order valence-electron chi connectivity index (χ0n) is 15.2. The number of benzene rings is 1. The van der Waals surface area contributed by atoms with Crippen LogP contribution in [-0.2, 0) is 4.74 Å². The molecule has 0 spiro atoms. The van der Waals surface area contributed by atoms with Crippen LogP contribution >= 0.6 is 24.2 Å². The van der Waals surface area contributed by atoms with Crippen LogP contribution in [0.4, 0.5) is 10.5 Å². The molecule has 0 radical (unpaired) electrons. The predicted molar refractivity (Wildman–Crippen MR) is 110 cm³/mol. The number of amides is 1. The molecule has 1 aromatic carbocycles. The van der Waals surface area contributed by atoms with Crippen molar-refractivity contribution in [1.82, 2.24) is 4.90 Å². The molecule has 0 aliphatic carbocycles. The van der Waals surface area contributed by atoms with E-state index in [-0.39, 0.29) is 30.0 Å². The van der Waals surface area contributed by atoms with Gasteiger partial charge in [0.05, 0.1) is 0 Å². The number of ether oxygens (including phenoxy) is 1. The van der Waals surface area contributed by atoms with Crippen LogP contribution in [0.15, 0.2) is 41.8 Å². The number of hydrogen-bond donors (Lipinski definition) is 0. The summed E-state index contributed by atoms with van der Waals surface area (Å²) in [4.78, 5) is 17.3. The Bertz CT molecular complexity index is 648. The lowest BCUT2D eigenvalue weighted by Crippen LogP contribution is -2.53. The lowest BCUT2D eigenvalue weighted by atomic mass is 9.86. The minimum Gasteiger partial charge on any atom is -0.444 e. The Hall–Kier alpha value is -1.17. The molecular weight excluding hydrogens is 368 g/mol. The fourth-order valence-electron chi connectivity index (χ4n) is 4.07. The molecule has 1 aromatic rings. The first-order valence-corrected chi connectivity index (χ1v) is 10.2. The van der Waals surface area contributed by atoms with Crippen molar-refractivity contribution in [2.45, 2.75) is 25.9 Å². The highest BCUT2D eigenvalue weighted by Crippen LogP contribution is 2.35. The van der Waals surface area contributed by atoms with E-state index in [1.807, 2.05) is 47.0 Å². The van der Waals surface area contributed by atoms with Gasteiger partial charge in [0, 0.05) is 29.9 Å². The van der Waals surface area contributed by atoms with Crippen molar-refractivity contribution in [2.24, 2.45) is 11.3 Å². The standard InChI is InChI=1S/C20H26N2O2S.ClH/c1-20(9-12-25-15-20)14-22(17-5-3-2-4-6-17)19(23)24-18-13-21-10-7-16(18)8-11-21;/h2-6,9,12,16,18H,7-8,10-11,13-15H2,1H3;1H/t18?,20-;/m1./s1. The fourth-order valence-corrected chi connectivity index (χ4v) is 5.15. The second-order valence-corrected chi connectivity index (χ2v) is 8.64. The smallest absolute Gasteiger partial charge is 0.414 e. The molecule has 0 aromatic heterocycles. The second kappa shape index (κ2) is 8.24. The van der Waals surface area contributed by atoms with Crippen LogP contribution in [0.2, 0.25) is 0 Å². The fraction of sp³-hybridized carbons (Fsp3) is 0.550. The van der Waals surface area contributed by atoms with Crippen LogP contribution < -0.4 is 4.90 Å². The van der Waals surface area contributed by atoms with Crippen molar-refractivity contribution in [3.8, 4) is 0 Å². The predicted octanol–water partition coefficient (Wildman–Crippen LogP) is 4.41. The van der Waals surface area contributed by atoms with Gasteiger partial charge in [-0.1, -0.05) is 31.2 Å². The van der Waals surface area contributed by atoms with Crippen LogP contribution in [0.25, 0.3) is 0 Å². The number of fused-ring (bicyclic) bond motifs is 3. The molecule has 4 aliphatic rings. The van der Waals surface area contributed by atoms with Crippen LogP contribution in [0.1, 0.15) is 19.8 Å². The summed E-state index contributed by atoms with van der Waals surface area (Å²) in [7, 11) is 0. The van der Waals surface area contributed by atoms with Crippen molar-refractivity contribution in [2.75, 3.05) is 36.8 Å². The van der Waals surface area contributed by atoms with E-state index in [0.29, 0.717) is 12.5 Å². The maximum Gasteiger partial charge on any atom is 0.414 e. The Balaban J connectivity index is 0.00000196. The average Bonchev–Trinajstić information content (AvgIpc) is 3.08. The van der Waals surface area contributed by atoms with Gasteiger partial charge in [-0.2, -0.15) is 0 Å². The van der Waals surface area contributed by atoms with Gasteiger partial charge in [-0.15, -0.1) is 24.2 Å². The molecule has 5 rings (SSSR count). The maximum atomic E-state index is 13.1. The van der Waals surface area contributed by atoms with Crippen molar-refractivity contribution in [3.63, 3.8) is 0 Å². The lowest BCUT2D eigenvalue weighted by molar-refractivity contribution is -0.0312. The lowest BCUT2D eigenvalue weighted by Gasteiger charge is -2.44. The zero-order valence-corrected chi connectivity index (χ0v) is 16.8. The van der Waals surface area contributed by atoms with Crippen LogP contribution in [0.5, 0.6) is 0 Å². The topological polar surface area (TPSA) is 32.8 Å². The quantitative estimate of drug-likeness (QED) is 0.757. The monoisotopic (exact) mass is 394 g/mol. The SMILES string of the molecule is C[C@]1(CN(C(=O)OC2CN3CCC2CC3)c2ccccc2)C=CSC1.Cl. The van der Waals surface area contributed by atoms with Crippen LogP contribution in [0.3, 0.4) is 0 Å². The number of hydrogen-bond acceptors (Lipinski definition) is 4. The molecule has 2 bridgehead atoms. The number of carbonyl (C=O) groups is 1. The molecule has 142 valence electrons. The van der Waals surface area contributed by atoms with Gasteiger partial charge < -0.3 is 4.74 Å². The second-order valence-electron chi connectivity index (χ2n) is 7.75. The van der Waals surface area contributed by atoms with Crippen LogP contribution in [0, 0.1) is 11.3 Å². The van der Waals surface area contributed by atoms with E-state index in [2.05, 4.69) is 23.3 Å². The number of para-hydroxylation sites is 1. The third kappa shape index (κ3) is 4.21. The summed E-state index contributed by atoms with van der Waals surface area (Å²) in [5, 5.41) is 2.14. The Morgan fingerprint density at radius 3 is 2.62 bits per heavy atom. The maximum absolute atomic E-state index is 13.1. The van der Waals surface area contributed by atoms with E-state index in [9.17, 15) is 4.79 Å². The Morgan fingerprint density at radius 2 is 2.04 bits per heavy atom. The van der Waals surface area contributed by atoms with E-state index in [1.54, 1.807) is 0 Å². The van der Waals surface area contributed by atoms with Crippen LogP contribution in [-0.4, -0.2) is 49.0 Å². The van der Waals surface area contributed by atoms with E-state index >= 15 is 0 Å². The largest absolute Gasteiger partial charge is 0.444 e. The van der Waals surface area contributed by atoms with Crippen molar-refractivity contribution < 1.29 is 9.53 Å². The summed E-state index contributed by atoms with van der Waals surface area (Å²) in [5.74, 6) is 1.53. The molecule has 0 saturated carbocycles. The average molecular weight is 395 g/mol. The van der Waals surface area contributed by atoms with Crippen molar-refractivity contribution in [3.05, 3.63) is 41.8 Å².